The molecule has 0 aliphatic heterocycles. The van der Waals surface area contributed by atoms with E-state index in [9.17, 15) is 0 Å². The first-order valence-corrected chi connectivity index (χ1v) is 3.05. The van der Waals surface area contributed by atoms with Gasteiger partial charge in [-0.1, -0.05) is 10.3 Å². The van der Waals surface area contributed by atoms with Gasteiger partial charge in [-0.2, -0.15) is 0 Å². The predicted molar refractivity (Wildman–Crippen MR) is 39.0 cm³/mol. The standard InChI is InChI=1S/C6H12N2O2/c1-5(7-9)3-4-6(2)8-10/h9-10H,3-4H2,1-2H3/b7-5+,8-6+. The molecule has 0 heterocycles. The summed E-state index contributed by atoms with van der Waals surface area (Å²) < 4.78 is 0. The summed E-state index contributed by atoms with van der Waals surface area (Å²) in [6.45, 7) is 3.43. The van der Waals surface area contributed by atoms with Crippen molar-refractivity contribution in [3.63, 3.8) is 0 Å². The molecule has 0 aliphatic rings. The van der Waals surface area contributed by atoms with Gasteiger partial charge in [0, 0.05) is 0 Å². The molecule has 0 radical (unpaired) electrons. The monoisotopic (exact) mass is 144 g/mol. The highest BCUT2D eigenvalue weighted by molar-refractivity contribution is 5.88. The van der Waals surface area contributed by atoms with Gasteiger partial charge in [0.05, 0.1) is 11.4 Å². The van der Waals surface area contributed by atoms with Crippen molar-refractivity contribution in [1.29, 1.82) is 0 Å². The highest BCUT2D eigenvalue weighted by Crippen LogP contribution is 1.94. The highest BCUT2D eigenvalue weighted by Gasteiger charge is 1.94. The molecule has 58 valence electrons. The van der Waals surface area contributed by atoms with Crippen molar-refractivity contribution in [2.24, 2.45) is 10.3 Å². The maximum atomic E-state index is 8.21. The van der Waals surface area contributed by atoms with Gasteiger partial charge in [-0.25, -0.2) is 0 Å². The number of hydrogen-bond donors (Lipinski definition) is 2. The van der Waals surface area contributed by atoms with Gasteiger partial charge < -0.3 is 10.4 Å². The molecule has 2 N–H and O–H groups in total. The maximum absolute atomic E-state index is 8.21. The molecule has 0 saturated heterocycles. The van der Waals surface area contributed by atoms with E-state index >= 15 is 0 Å². The first-order valence-electron chi connectivity index (χ1n) is 3.05. The summed E-state index contributed by atoms with van der Waals surface area (Å²) in [7, 11) is 0. The van der Waals surface area contributed by atoms with E-state index in [4.69, 9.17) is 10.4 Å². The Labute approximate surface area is 59.9 Å². The van der Waals surface area contributed by atoms with Crippen LogP contribution in [0.1, 0.15) is 26.7 Å². The first kappa shape index (κ1) is 8.94. The van der Waals surface area contributed by atoms with E-state index in [1.807, 2.05) is 0 Å². The van der Waals surface area contributed by atoms with Gasteiger partial charge >= 0.3 is 0 Å². The van der Waals surface area contributed by atoms with Gasteiger partial charge in [0.15, 0.2) is 0 Å². The van der Waals surface area contributed by atoms with Crippen molar-refractivity contribution < 1.29 is 10.4 Å². The van der Waals surface area contributed by atoms with Crippen LogP contribution in [0.15, 0.2) is 10.3 Å². The van der Waals surface area contributed by atoms with E-state index in [0.29, 0.717) is 24.3 Å². The molecule has 0 saturated carbocycles. The summed E-state index contributed by atoms with van der Waals surface area (Å²) >= 11 is 0. The zero-order valence-corrected chi connectivity index (χ0v) is 6.20. The highest BCUT2D eigenvalue weighted by atomic mass is 16.4. The third kappa shape index (κ3) is 3.88. The van der Waals surface area contributed by atoms with Crippen LogP contribution in [0.3, 0.4) is 0 Å². The third-order valence-corrected chi connectivity index (χ3v) is 1.19. The Hall–Kier alpha value is -1.06. The molecule has 0 spiro atoms. The minimum atomic E-state index is 0.631. The number of rotatable bonds is 3. The number of oxime groups is 2. The molecule has 4 heteroatoms. The van der Waals surface area contributed by atoms with E-state index < -0.39 is 0 Å². The summed E-state index contributed by atoms with van der Waals surface area (Å²) in [5, 5.41) is 22.4. The van der Waals surface area contributed by atoms with Crippen LogP contribution in [-0.4, -0.2) is 21.8 Å². The van der Waals surface area contributed by atoms with Gasteiger partial charge in [0.25, 0.3) is 0 Å². The third-order valence-electron chi connectivity index (χ3n) is 1.19. The molecule has 10 heavy (non-hydrogen) atoms. The molecule has 0 fully saturated rings. The zero-order valence-electron chi connectivity index (χ0n) is 6.20. The average molecular weight is 144 g/mol. The summed E-state index contributed by atoms with van der Waals surface area (Å²) in [6.07, 6.45) is 1.26. The zero-order chi connectivity index (χ0) is 7.98. The Kier molecular flexibility index (Phi) is 4.28. The van der Waals surface area contributed by atoms with Crippen molar-refractivity contribution in [2.75, 3.05) is 0 Å². The van der Waals surface area contributed by atoms with E-state index in [2.05, 4.69) is 10.3 Å². The Morgan fingerprint density at radius 1 is 1.00 bits per heavy atom. The van der Waals surface area contributed by atoms with Crippen molar-refractivity contribution in [2.45, 2.75) is 26.7 Å². The van der Waals surface area contributed by atoms with Crippen molar-refractivity contribution in [3.05, 3.63) is 0 Å². The van der Waals surface area contributed by atoms with Crippen molar-refractivity contribution in [3.8, 4) is 0 Å². The second kappa shape index (κ2) is 4.78. The van der Waals surface area contributed by atoms with Crippen LogP contribution in [0.4, 0.5) is 0 Å². The number of nitrogens with zero attached hydrogens (tertiary/aromatic N) is 2. The van der Waals surface area contributed by atoms with E-state index in [-0.39, 0.29) is 0 Å². The Morgan fingerprint density at radius 2 is 1.30 bits per heavy atom. The molecular formula is C6H12N2O2. The normalized spacial score (nSPS) is 13.8. The Bertz CT molecular complexity index is 134. The minimum absolute atomic E-state index is 0.631. The fraction of sp³-hybridized carbons (Fsp3) is 0.667. The predicted octanol–water partition coefficient (Wildman–Crippen LogP) is 1.47. The molecule has 0 amide bonds. The van der Waals surface area contributed by atoms with Crippen LogP contribution in [0.2, 0.25) is 0 Å². The maximum Gasteiger partial charge on any atom is 0.0543 e. The van der Waals surface area contributed by atoms with Gasteiger partial charge in [0.1, 0.15) is 0 Å². The lowest BCUT2D eigenvalue weighted by Crippen LogP contribution is -1.97. The molecule has 0 aromatic rings. The number of hydrogen-bond acceptors (Lipinski definition) is 4. The van der Waals surface area contributed by atoms with Crippen LogP contribution >= 0.6 is 0 Å². The lowest BCUT2D eigenvalue weighted by Gasteiger charge is -1.95. The molecule has 0 rings (SSSR count). The van der Waals surface area contributed by atoms with Gasteiger partial charge in [0.2, 0.25) is 0 Å². The Morgan fingerprint density at radius 3 is 1.50 bits per heavy atom. The van der Waals surface area contributed by atoms with Crippen LogP contribution in [0, 0.1) is 0 Å². The lowest BCUT2D eigenvalue weighted by atomic mass is 10.2. The summed E-state index contributed by atoms with van der Waals surface area (Å²) in [6, 6.07) is 0. The SMILES string of the molecule is C/C(CC/C(C)=N/O)=N\O. The van der Waals surface area contributed by atoms with E-state index in [0.717, 1.165) is 0 Å². The van der Waals surface area contributed by atoms with Crippen molar-refractivity contribution >= 4 is 11.4 Å². The molecule has 0 aliphatic carbocycles. The Balaban J connectivity index is 3.56. The van der Waals surface area contributed by atoms with Gasteiger partial charge in [-0.05, 0) is 26.7 Å². The van der Waals surface area contributed by atoms with Crippen LogP contribution in [-0.2, 0) is 0 Å². The molecule has 0 unspecified atom stereocenters. The quantitative estimate of drug-likeness (QED) is 0.358. The summed E-state index contributed by atoms with van der Waals surface area (Å²) in [5.41, 5.74) is 1.28. The fourth-order valence-electron chi connectivity index (χ4n) is 0.462. The fourth-order valence-corrected chi connectivity index (χ4v) is 0.462. The summed E-state index contributed by atoms with van der Waals surface area (Å²) in [4.78, 5) is 0. The molecule has 0 aromatic carbocycles. The molecule has 0 bridgehead atoms. The van der Waals surface area contributed by atoms with Crippen molar-refractivity contribution in [1.82, 2.24) is 0 Å². The smallest absolute Gasteiger partial charge is 0.0543 e. The topological polar surface area (TPSA) is 65.2 Å². The molecular weight excluding hydrogens is 132 g/mol. The van der Waals surface area contributed by atoms with Gasteiger partial charge in [-0.3, -0.25) is 0 Å². The van der Waals surface area contributed by atoms with E-state index in [1.165, 1.54) is 0 Å². The lowest BCUT2D eigenvalue weighted by molar-refractivity contribution is 0.315. The van der Waals surface area contributed by atoms with Crippen LogP contribution in [0.25, 0.3) is 0 Å². The van der Waals surface area contributed by atoms with Crippen LogP contribution < -0.4 is 0 Å². The average Bonchev–Trinajstić information content (AvgIpc) is 1.99. The second-order valence-electron chi connectivity index (χ2n) is 2.17. The van der Waals surface area contributed by atoms with E-state index in [1.54, 1.807) is 13.8 Å². The second-order valence-corrected chi connectivity index (χ2v) is 2.17. The largest absolute Gasteiger partial charge is 0.411 e. The summed E-state index contributed by atoms with van der Waals surface area (Å²) in [5.74, 6) is 0. The molecule has 0 atom stereocenters. The molecule has 4 nitrogen and oxygen atoms in total. The minimum Gasteiger partial charge on any atom is -0.411 e. The molecule has 0 aromatic heterocycles. The first-order chi connectivity index (χ1) is 4.70. The van der Waals surface area contributed by atoms with Crippen LogP contribution in [0.5, 0.6) is 0 Å². The van der Waals surface area contributed by atoms with Gasteiger partial charge in [-0.15, -0.1) is 0 Å².